The zero-order valence-electron chi connectivity index (χ0n) is 8.25. The number of quaternary nitrogens is 3. The molecule has 94 valence electrons. The zero-order valence-corrected chi connectivity index (χ0v) is 8.25. The van der Waals surface area contributed by atoms with E-state index in [9.17, 15) is 0 Å². The molecule has 14 heteroatoms. The van der Waals surface area contributed by atoms with E-state index in [0.717, 1.165) is 7.05 Å². The predicted octanol–water partition coefficient (Wildman–Crippen LogP) is -3.47. The van der Waals surface area contributed by atoms with E-state index in [-0.39, 0.29) is 0 Å². The average molecular weight is 245 g/mol. The fraction of sp³-hybridized carbons (Fsp3) is 0.500. The molecule has 1 saturated heterocycles. The lowest BCUT2D eigenvalue weighted by Crippen LogP contribution is -2.63. The van der Waals surface area contributed by atoms with Crippen molar-refractivity contribution in [1.29, 1.82) is 0 Å². The molecule has 14 nitrogen and oxygen atoms in total. The van der Waals surface area contributed by atoms with Gasteiger partial charge in [-0.05, 0) is 0 Å². The third kappa shape index (κ3) is 3.62. The van der Waals surface area contributed by atoms with Crippen LogP contribution >= 0.6 is 0 Å². The smallest absolute Gasteiger partial charge is 0.108 e. The van der Waals surface area contributed by atoms with Gasteiger partial charge in [0.05, 0.1) is 16.7 Å². The van der Waals surface area contributed by atoms with E-state index in [4.69, 9.17) is 23.4 Å². The first kappa shape index (κ1) is 13.2. The molecule has 16 heavy (non-hydrogen) atoms. The third-order valence-corrected chi connectivity index (χ3v) is 1.04. The van der Waals surface area contributed by atoms with Crippen LogP contribution in [0.15, 0.2) is 5.10 Å². The van der Waals surface area contributed by atoms with Crippen molar-refractivity contribution < 1.29 is 44.9 Å². The molecule has 0 bridgehead atoms. The Labute approximate surface area is 88.3 Å². The summed E-state index contributed by atoms with van der Waals surface area (Å²) in [5, 5.41) is -0.140. The lowest BCUT2D eigenvalue weighted by molar-refractivity contribution is -1.42. The molecule has 1 rings (SSSR count). The van der Waals surface area contributed by atoms with Gasteiger partial charge in [-0.15, -0.1) is 5.84 Å². The molecule has 2 atom stereocenters. The van der Waals surface area contributed by atoms with Gasteiger partial charge >= 0.3 is 0 Å². The minimum Gasteiger partial charge on any atom is -0.108 e. The summed E-state index contributed by atoms with van der Waals surface area (Å²) >= 11 is 0. The van der Waals surface area contributed by atoms with Gasteiger partial charge in [0.2, 0.25) is 5.03 Å². The number of nitrogens with two attached hydrogens (primary N) is 4. The average Bonchev–Trinajstić information content (AvgIpc) is 2.24. The summed E-state index contributed by atoms with van der Waals surface area (Å²) in [6.45, 7) is 3.02. The number of nitrogens with zero attached hydrogens (tertiary/aromatic N) is 4. The molecule has 8 N–H and O–H groups in total. The molecule has 1 aliphatic heterocycles. The molecule has 1 fully saturated rings. The lowest BCUT2D eigenvalue weighted by atomic mass is 11.4. The fourth-order valence-corrected chi connectivity index (χ4v) is 0.416. The van der Waals surface area contributed by atoms with E-state index >= 15 is 0 Å². The van der Waals surface area contributed by atoms with Crippen molar-refractivity contribution in [2.45, 2.75) is 0 Å². The monoisotopic (exact) mass is 245 g/mol. The van der Waals surface area contributed by atoms with Crippen molar-refractivity contribution >= 4 is 6.72 Å². The van der Waals surface area contributed by atoms with Crippen molar-refractivity contribution in [3.8, 4) is 0 Å². The summed E-state index contributed by atoms with van der Waals surface area (Å²) in [6, 6.07) is 0. The highest BCUT2D eigenvalue weighted by Gasteiger charge is 2.47. The second kappa shape index (κ2) is 4.20. The first-order chi connectivity index (χ1) is 7.18. The van der Waals surface area contributed by atoms with Crippen molar-refractivity contribution in [3.63, 3.8) is 0 Å². The van der Waals surface area contributed by atoms with Gasteiger partial charge in [-0.1, -0.05) is 17.5 Å². The predicted molar refractivity (Wildman–Crippen MR) is 39.5 cm³/mol. The number of hydrogen-bond donors (Lipinski definition) is 4. The van der Waals surface area contributed by atoms with Gasteiger partial charge in [0, 0.05) is 5.10 Å². The second-order valence-corrected chi connectivity index (χ2v) is 2.71. The topological polar surface area (TPSA) is 172 Å². The molecule has 2 unspecified atom stereocenters. The Morgan fingerprint density at radius 3 is 1.88 bits per heavy atom. The van der Waals surface area contributed by atoms with Crippen LogP contribution in [0, 0.1) is 0 Å². The molecule has 0 amide bonds. The highest BCUT2D eigenvalue weighted by atomic mass is 17.6. The molecule has 0 aliphatic carbocycles. The molecule has 0 aromatic heterocycles. The van der Waals surface area contributed by atoms with Crippen LogP contribution in [0.4, 0.5) is 0 Å². The summed E-state index contributed by atoms with van der Waals surface area (Å²) < 4.78 is 0. The quantitative estimate of drug-likeness (QED) is 0.157. The van der Waals surface area contributed by atoms with Gasteiger partial charge < -0.3 is 0 Å². The van der Waals surface area contributed by atoms with Crippen LogP contribution in [0.5, 0.6) is 0 Å². The Bertz CT molecular complexity index is 247. The minimum atomic E-state index is -1.68. The maximum absolute atomic E-state index is 5.30. The van der Waals surface area contributed by atoms with Gasteiger partial charge in [0.1, 0.15) is 24.9 Å². The minimum absolute atomic E-state index is 1.12. The van der Waals surface area contributed by atoms with E-state index < -0.39 is 15.0 Å². The molecule has 0 radical (unpaired) electrons. The van der Waals surface area contributed by atoms with Crippen LogP contribution < -0.4 is 23.4 Å². The number of hydroxylamine groups is 2. The Hall–Kier alpha value is -0.850. The van der Waals surface area contributed by atoms with Gasteiger partial charge in [-0.25, -0.2) is 0 Å². The Morgan fingerprint density at radius 2 is 1.31 bits per heavy atom. The highest BCUT2D eigenvalue weighted by molar-refractivity contribution is 5.20. The summed E-state index contributed by atoms with van der Waals surface area (Å²) in [7, 11) is 1.12. The van der Waals surface area contributed by atoms with Crippen molar-refractivity contribution in [2.75, 3.05) is 7.05 Å². The molecular formula is C2H13N8O6+3. The maximum atomic E-state index is 5.30. The van der Waals surface area contributed by atoms with Crippen LogP contribution in [-0.4, -0.2) is 28.7 Å². The van der Waals surface area contributed by atoms with E-state index in [1.807, 2.05) is 0 Å². The Balaban J connectivity index is 2.82. The standard InChI is InChI=1S/C2H13N8O6/c1-7-10(6)15-12-8(2,3)11-13-9(4,5)14-16-10/h1,3-6H2,2H3/q+3. The number of rotatable bonds is 1. The van der Waals surface area contributed by atoms with Gasteiger partial charge in [-0.2, -0.15) is 0 Å². The first-order valence-electron chi connectivity index (χ1n) is 3.59. The summed E-state index contributed by atoms with van der Waals surface area (Å²) in [5.74, 6) is 20.8. The third-order valence-electron chi connectivity index (χ3n) is 1.04. The Morgan fingerprint density at radius 1 is 0.875 bits per heavy atom. The molecule has 0 spiro atoms. The highest BCUT2D eigenvalue weighted by Crippen LogP contribution is 2.13. The van der Waals surface area contributed by atoms with Gasteiger partial charge in [0.15, 0.2) is 12.1 Å². The van der Waals surface area contributed by atoms with Crippen LogP contribution in [0.25, 0.3) is 0 Å². The summed E-state index contributed by atoms with van der Waals surface area (Å²) in [5.41, 5.74) is 0. The van der Waals surface area contributed by atoms with Crippen LogP contribution in [0.1, 0.15) is 0 Å². The molecule has 0 saturated carbocycles. The van der Waals surface area contributed by atoms with Gasteiger partial charge in [0.25, 0.3) is 0 Å². The van der Waals surface area contributed by atoms with E-state index in [1.165, 1.54) is 0 Å². The molecular weight excluding hydrogens is 232 g/mol. The summed E-state index contributed by atoms with van der Waals surface area (Å²) in [6.07, 6.45) is 0. The fourth-order valence-electron chi connectivity index (χ4n) is 0.416. The first-order valence-corrected chi connectivity index (χ1v) is 3.59. The van der Waals surface area contributed by atoms with Gasteiger partial charge in [-0.3, -0.25) is 0 Å². The van der Waals surface area contributed by atoms with Crippen LogP contribution in [0.3, 0.4) is 0 Å². The van der Waals surface area contributed by atoms with Crippen molar-refractivity contribution in [1.82, 2.24) is 0 Å². The SMILES string of the molecule is C=N[N+]1(N)OO[N+](C)(N)OO[N+](N)(N)OO1. The van der Waals surface area contributed by atoms with Crippen molar-refractivity contribution in [3.05, 3.63) is 0 Å². The largest absolute Gasteiger partial charge is 0.229 e. The molecule has 0 aromatic rings. The van der Waals surface area contributed by atoms with E-state index in [0.29, 0.717) is 0 Å². The lowest BCUT2D eigenvalue weighted by Gasteiger charge is -2.15. The Kier molecular flexibility index (Phi) is 3.47. The second-order valence-electron chi connectivity index (χ2n) is 2.71. The molecule has 0 aromatic carbocycles. The normalized spacial score (nSPS) is 40.6. The van der Waals surface area contributed by atoms with E-state index in [2.05, 4.69) is 41.7 Å². The zero-order chi connectivity index (χ0) is 12.4. The van der Waals surface area contributed by atoms with Crippen LogP contribution in [0.2, 0.25) is 0 Å². The summed E-state index contributed by atoms with van der Waals surface area (Å²) in [4.78, 5) is 24.7. The van der Waals surface area contributed by atoms with E-state index in [1.54, 1.807) is 0 Å². The maximum Gasteiger partial charge on any atom is 0.229 e. The van der Waals surface area contributed by atoms with Crippen LogP contribution in [-0.2, 0) is 29.9 Å². The molecule has 1 heterocycles. The van der Waals surface area contributed by atoms with Crippen molar-refractivity contribution in [2.24, 2.45) is 28.5 Å². The molecule has 1 aliphatic rings. The number of hydrogen-bond acceptors (Lipinski definition) is 11.